The van der Waals surface area contributed by atoms with Crippen LogP contribution in [0, 0.1) is 0 Å². The summed E-state index contributed by atoms with van der Waals surface area (Å²) in [6.07, 6.45) is 0. The van der Waals surface area contributed by atoms with Gasteiger partial charge in [-0.05, 0) is 7.51 Å². The van der Waals surface area contributed by atoms with Gasteiger partial charge in [0.25, 0.3) is 0 Å². The topological polar surface area (TPSA) is 38.0 Å². The van der Waals surface area contributed by atoms with E-state index in [1.165, 1.54) is 0 Å². The molecular formula is H5N2PS2. The van der Waals surface area contributed by atoms with E-state index in [0.29, 0.717) is 0 Å². The van der Waals surface area contributed by atoms with Crippen molar-refractivity contribution in [3.8, 4) is 0 Å². The zero-order valence-electron chi connectivity index (χ0n) is 2.47. The van der Waals surface area contributed by atoms with E-state index in [-0.39, 0.29) is 7.51 Å². The van der Waals surface area contributed by atoms with Gasteiger partial charge in [-0.3, -0.25) is 5.14 Å². The molecule has 3 N–H and O–H groups in total. The Kier molecular flexibility index (Phi) is 5.83. The van der Waals surface area contributed by atoms with E-state index in [9.17, 15) is 0 Å². The molecule has 1 unspecified atom stereocenters. The molecule has 0 aliphatic carbocycles. The van der Waals surface area contributed by atoms with E-state index in [0.717, 1.165) is 12.1 Å². The molecule has 1 atom stereocenters. The maximum Gasteiger partial charge on any atom is 0.00426 e. The van der Waals surface area contributed by atoms with Crippen LogP contribution in [0.3, 0.4) is 0 Å². The highest BCUT2D eigenvalue weighted by Crippen LogP contribution is 1.85. The average molecular weight is 128 g/mol. The van der Waals surface area contributed by atoms with Crippen LogP contribution in [0.4, 0.5) is 0 Å². The molecule has 0 heterocycles. The van der Waals surface area contributed by atoms with Gasteiger partial charge in [0.2, 0.25) is 0 Å². The van der Waals surface area contributed by atoms with E-state index in [4.69, 9.17) is 5.14 Å². The minimum Gasteiger partial charge on any atom is -0.264 e. The average Bonchev–Trinajstić information content (AvgIpc) is 1.41. The van der Waals surface area contributed by atoms with E-state index in [1.54, 1.807) is 0 Å². The molecule has 0 spiro atoms. The van der Waals surface area contributed by atoms with Gasteiger partial charge in [0, 0.05) is 12.1 Å². The lowest BCUT2D eigenvalue weighted by Gasteiger charge is -1.78. The third-order valence-electron chi connectivity index (χ3n) is 0.116. The van der Waals surface area contributed by atoms with Gasteiger partial charge in [0.05, 0.1) is 0 Å². The molecule has 0 saturated heterocycles. The summed E-state index contributed by atoms with van der Waals surface area (Å²) in [6.45, 7) is 0. The first-order chi connectivity index (χ1) is 2.41. The van der Waals surface area contributed by atoms with Crippen LogP contribution in [0.2, 0.25) is 0 Å². The monoisotopic (exact) mass is 128 g/mol. The van der Waals surface area contributed by atoms with Crippen LogP contribution in [0.15, 0.2) is 0 Å². The summed E-state index contributed by atoms with van der Waals surface area (Å²) in [4.78, 5) is 0. The number of nitrogens with one attached hydrogen (secondary N) is 1. The lowest BCUT2D eigenvalue weighted by atomic mass is 13.9. The van der Waals surface area contributed by atoms with E-state index in [2.05, 4.69) is 16.3 Å². The molecule has 0 bridgehead atoms. The Hall–Kier alpha value is 0.920. The molecule has 5 heteroatoms. The Balaban J connectivity index is 2.40. The van der Waals surface area contributed by atoms with Gasteiger partial charge in [0.15, 0.2) is 0 Å². The summed E-state index contributed by atoms with van der Waals surface area (Å²) in [5.74, 6) is 0. The first kappa shape index (κ1) is 5.92. The zero-order chi connectivity index (χ0) is 4.12. The predicted molar refractivity (Wildman–Crippen MR) is 32.0 cm³/mol. The zero-order valence-corrected chi connectivity index (χ0v) is 5.26. The van der Waals surface area contributed by atoms with Crippen molar-refractivity contribution in [1.82, 2.24) is 4.49 Å². The van der Waals surface area contributed by atoms with Gasteiger partial charge in [-0.25, -0.2) is 4.49 Å². The molecule has 2 nitrogen and oxygen atoms in total. The lowest BCUT2D eigenvalue weighted by Crippen LogP contribution is -1.87. The van der Waals surface area contributed by atoms with Gasteiger partial charge in [-0.2, -0.15) is 0 Å². The molecule has 0 saturated carbocycles. The van der Waals surface area contributed by atoms with Crippen LogP contribution >= 0.6 is 19.6 Å². The Bertz CT molecular complexity index is 28.8. The molecule has 0 amide bonds. The number of rotatable bonds is 2. The fourth-order valence-electron chi connectivity index (χ4n) is 0.0278. The number of hydrogen-bond donors (Lipinski definition) is 2. The molecular weight excluding hydrogens is 123 g/mol. The van der Waals surface area contributed by atoms with Crippen LogP contribution in [-0.2, 0) is 11.8 Å². The van der Waals surface area contributed by atoms with Gasteiger partial charge in [-0.15, -0.1) is 0 Å². The fourth-order valence-corrected chi connectivity index (χ4v) is 0.750. The smallest absolute Gasteiger partial charge is 0.00426 e. The molecule has 0 aliphatic heterocycles. The maximum atomic E-state index is 4.90. The summed E-state index contributed by atoms with van der Waals surface area (Å²) in [5, 5.41) is 4.90. The largest absolute Gasteiger partial charge is 0.264 e. The van der Waals surface area contributed by atoms with E-state index in [1.807, 2.05) is 0 Å². The predicted octanol–water partition coefficient (Wildman–Crippen LogP) is -0.114. The van der Waals surface area contributed by atoms with E-state index >= 15 is 0 Å². The first-order valence-corrected chi connectivity index (χ1v) is 4.31. The second-order valence-electron chi connectivity index (χ2n) is 0.354. The van der Waals surface area contributed by atoms with Crippen LogP contribution in [0.5, 0.6) is 0 Å². The molecule has 0 aromatic rings. The van der Waals surface area contributed by atoms with Crippen molar-refractivity contribution >= 4 is 31.4 Å². The second kappa shape index (κ2) is 4.92. The Morgan fingerprint density at radius 2 is 2.60 bits per heavy atom. The van der Waals surface area contributed by atoms with Crippen LogP contribution in [-0.4, -0.2) is 0 Å². The third kappa shape index (κ3) is 4.92. The molecule has 0 fully saturated rings. The number of hydrogen-bond acceptors (Lipinski definition) is 3. The minimum atomic E-state index is -0.0428. The van der Waals surface area contributed by atoms with Crippen molar-refractivity contribution < 1.29 is 0 Å². The quantitative estimate of drug-likeness (QED) is 0.402. The van der Waals surface area contributed by atoms with Gasteiger partial charge < -0.3 is 0 Å². The Morgan fingerprint density at radius 1 is 2.00 bits per heavy atom. The summed E-state index contributed by atoms with van der Waals surface area (Å²) in [7, 11) is -0.0428. The minimum absolute atomic E-state index is 0.0428. The molecule has 0 radical (unpaired) electrons. The highest BCUT2D eigenvalue weighted by molar-refractivity contribution is 8.06. The van der Waals surface area contributed by atoms with Gasteiger partial charge >= 0.3 is 0 Å². The van der Waals surface area contributed by atoms with Crippen molar-refractivity contribution in [3.63, 3.8) is 0 Å². The molecule has 0 aromatic heterocycles. The Labute approximate surface area is 41.7 Å². The third-order valence-corrected chi connectivity index (χ3v) is 1.91. The maximum absolute atomic E-state index is 4.90. The highest BCUT2D eigenvalue weighted by atomic mass is 32.4. The van der Waals surface area contributed by atoms with E-state index < -0.39 is 0 Å². The Morgan fingerprint density at radius 3 is 2.60 bits per heavy atom. The fraction of sp³-hybridized carbons (Fsp3) is 0. The summed E-state index contributed by atoms with van der Waals surface area (Å²) in [6, 6.07) is 0. The molecule has 5 heavy (non-hydrogen) atoms. The summed E-state index contributed by atoms with van der Waals surface area (Å²) >= 11 is 5.61. The first-order valence-electron chi connectivity index (χ1n) is 0.964. The van der Waals surface area contributed by atoms with Crippen LogP contribution in [0.25, 0.3) is 0 Å². The second-order valence-corrected chi connectivity index (χ2v) is 2.47. The van der Waals surface area contributed by atoms with Crippen LogP contribution in [0.1, 0.15) is 0 Å². The van der Waals surface area contributed by atoms with Crippen molar-refractivity contribution in [2.45, 2.75) is 0 Å². The standard InChI is InChI=1S/H5N2PS2/c1-5-2-3-4/h1,3H2,(H,2,4). The summed E-state index contributed by atoms with van der Waals surface area (Å²) < 4.78 is 2.70. The molecule has 0 aliphatic rings. The number of nitrogens with two attached hydrogens (primary N) is 1. The SMILES string of the molecule is NSN[PH2]=S. The summed E-state index contributed by atoms with van der Waals surface area (Å²) in [5.41, 5.74) is 0. The molecule has 32 valence electrons. The molecule has 0 rings (SSSR count). The normalized spacial score (nSPS) is 10.6. The van der Waals surface area contributed by atoms with Crippen molar-refractivity contribution in [1.29, 1.82) is 0 Å². The van der Waals surface area contributed by atoms with Gasteiger partial charge in [0.1, 0.15) is 0 Å². The van der Waals surface area contributed by atoms with Crippen molar-refractivity contribution in [3.05, 3.63) is 0 Å². The van der Waals surface area contributed by atoms with Gasteiger partial charge in [-0.1, -0.05) is 11.8 Å². The molecule has 0 aromatic carbocycles. The van der Waals surface area contributed by atoms with Crippen LogP contribution < -0.4 is 9.63 Å². The van der Waals surface area contributed by atoms with Crippen molar-refractivity contribution in [2.75, 3.05) is 0 Å². The highest BCUT2D eigenvalue weighted by Gasteiger charge is 1.56. The van der Waals surface area contributed by atoms with Crippen molar-refractivity contribution in [2.24, 2.45) is 5.14 Å². The lowest BCUT2D eigenvalue weighted by molar-refractivity contribution is 1.73.